The van der Waals surface area contributed by atoms with E-state index in [1.807, 2.05) is 62.4 Å². The molecule has 0 aliphatic rings. The maximum Gasteiger partial charge on any atom is 0.219 e. The molecule has 0 unspecified atom stereocenters. The van der Waals surface area contributed by atoms with E-state index in [1.54, 1.807) is 21.6 Å². The normalized spacial score (nSPS) is 10.7. The Hall–Kier alpha value is -0.820. The summed E-state index contributed by atoms with van der Waals surface area (Å²) >= 11 is 2.74. The lowest BCUT2D eigenvalue weighted by Crippen LogP contribution is -1.97. The van der Waals surface area contributed by atoms with Crippen LogP contribution in [-0.2, 0) is 0 Å². The lowest BCUT2D eigenvalue weighted by molar-refractivity contribution is 0.108. The van der Waals surface area contributed by atoms with Gasteiger partial charge in [0.25, 0.3) is 0 Å². The Morgan fingerprint density at radius 3 is 1.31 bits per heavy atom. The molecular weight excluding hydrogens is 400 g/mol. The summed E-state index contributed by atoms with van der Waals surface area (Å²) in [6.45, 7) is 4.03. The predicted octanol–water partition coefficient (Wildman–Crippen LogP) is 6.13. The topological polar surface area (TPSA) is 34.1 Å². The first-order valence-corrected chi connectivity index (χ1v) is 12.7. The number of thioether (sulfide) groups is 2. The van der Waals surface area contributed by atoms with E-state index in [0.717, 1.165) is 45.3 Å². The third-order valence-corrected chi connectivity index (χ3v) is 8.19. The van der Waals surface area contributed by atoms with Crippen LogP contribution in [0.2, 0.25) is 0 Å². The lowest BCUT2D eigenvalue weighted by atomic mass is 10.2. The Balaban J connectivity index is 1.51. The van der Waals surface area contributed by atoms with Crippen molar-refractivity contribution in [2.24, 2.45) is 0 Å². The zero-order chi connectivity index (χ0) is 18.8. The molecule has 0 aliphatic carbocycles. The van der Waals surface area contributed by atoms with Crippen molar-refractivity contribution in [3.05, 3.63) is 70.8 Å². The Kier molecular flexibility index (Phi) is 9.75. The smallest absolute Gasteiger partial charge is 0.219 e. The van der Waals surface area contributed by atoms with E-state index in [1.165, 1.54) is 23.5 Å². The summed E-state index contributed by atoms with van der Waals surface area (Å²) in [5, 5.41) is 0.268. The number of benzene rings is 2. The first-order chi connectivity index (χ1) is 12.6. The second-order valence-corrected chi connectivity index (χ2v) is 10.5. The van der Waals surface area contributed by atoms with E-state index in [-0.39, 0.29) is 10.2 Å². The molecule has 0 atom stereocenters. The molecule has 0 amide bonds. The summed E-state index contributed by atoms with van der Waals surface area (Å²) < 4.78 is 0. The minimum absolute atomic E-state index is 0.134. The fourth-order valence-corrected chi connectivity index (χ4v) is 6.36. The van der Waals surface area contributed by atoms with Gasteiger partial charge in [0.05, 0.1) is 0 Å². The molecule has 2 rings (SSSR count). The summed E-state index contributed by atoms with van der Waals surface area (Å²) in [5.41, 5.74) is 3.86. The average molecular weight is 423 g/mol. The van der Waals surface area contributed by atoms with Gasteiger partial charge in [0, 0.05) is 34.1 Å². The summed E-state index contributed by atoms with van der Waals surface area (Å²) in [6, 6.07) is 15.4. The van der Waals surface area contributed by atoms with E-state index in [2.05, 4.69) is 0 Å². The van der Waals surface area contributed by atoms with Gasteiger partial charge in [-0.3, -0.25) is 9.59 Å². The number of aryl methyl sites for hydroxylation is 2. The summed E-state index contributed by atoms with van der Waals surface area (Å²) in [5.74, 6) is 3.45. The predicted molar refractivity (Wildman–Crippen MR) is 121 cm³/mol. The van der Waals surface area contributed by atoms with Gasteiger partial charge in [-0.05, 0) is 13.8 Å². The van der Waals surface area contributed by atoms with Crippen LogP contribution in [0, 0.1) is 13.8 Å². The molecule has 6 heteroatoms. The number of hydrogen-bond acceptors (Lipinski definition) is 6. The van der Waals surface area contributed by atoms with E-state index < -0.39 is 0 Å². The Labute approximate surface area is 172 Å². The number of carbonyl (C=O) groups excluding carboxylic acids is 2. The highest BCUT2D eigenvalue weighted by molar-refractivity contribution is 8.76. The Bertz CT molecular complexity index is 648. The van der Waals surface area contributed by atoms with Crippen LogP contribution in [0.1, 0.15) is 31.8 Å². The van der Waals surface area contributed by atoms with Crippen LogP contribution < -0.4 is 0 Å². The lowest BCUT2D eigenvalue weighted by Gasteiger charge is -2.03. The summed E-state index contributed by atoms with van der Waals surface area (Å²) in [7, 11) is 3.52. The van der Waals surface area contributed by atoms with E-state index in [9.17, 15) is 9.59 Å². The first kappa shape index (κ1) is 21.5. The van der Waals surface area contributed by atoms with Crippen molar-refractivity contribution in [3.8, 4) is 0 Å². The quantitative estimate of drug-likeness (QED) is 0.357. The zero-order valence-corrected chi connectivity index (χ0v) is 18.2. The van der Waals surface area contributed by atoms with Gasteiger partial charge in [0.15, 0.2) is 0 Å². The molecular formula is C20H22O2S4. The number of hydrogen-bond donors (Lipinski definition) is 0. The van der Waals surface area contributed by atoms with Crippen LogP contribution in [0.15, 0.2) is 48.5 Å². The van der Waals surface area contributed by atoms with E-state index in [4.69, 9.17) is 0 Å². The molecule has 0 saturated carbocycles. The van der Waals surface area contributed by atoms with Crippen molar-refractivity contribution < 1.29 is 9.59 Å². The molecule has 0 aliphatic heterocycles. The van der Waals surface area contributed by atoms with Gasteiger partial charge in [-0.25, -0.2) is 0 Å². The van der Waals surface area contributed by atoms with Crippen LogP contribution in [0.3, 0.4) is 0 Å². The van der Waals surface area contributed by atoms with Crippen molar-refractivity contribution >= 4 is 55.3 Å². The molecule has 0 N–H and O–H groups in total. The van der Waals surface area contributed by atoms with Crippen LogP contribution in [0.4, 0.5) is 0 Å². The van der Waals surface area contributed by atoms with Gasteiger partial charge in [-0.1, -0.05) is 105 Å². The molecule has 2 aromatic carbocycles. The minimum Gasteiger partial charge on any atom is -0.282 e. The van der Waals surface area contributed by atoms with Gasteiger partial charge >= 0.3 is 0 Å². The SMILES string of the molecule is Cc1ccc(C(=O)SCCSSCCSC(=O)c2ccc(C)cc2)cc1. The van der Waals surface area contributed by atoms with Crippen LogP contribution in [0.5, 0.6) is 0 Å². The molecule has 0 bridgehead atoms. The third kappa shape index (κ3) is 7.82. The molecule has 2 nitrogen and oxygen atoms in total. The largest absolute Gasteiger partial charge is 0.282 e. The molecule has 0 spiro atoms. The highest BCUT2D eigenvalue weighted by Crippen LogP contribution is 2.25. The molecule has 138 valence electrons. The second kappa shape index (κ2) is 11.8. The Morgan fingerprint density at radius 2 is 0.962 bits per heavy atom. The maximum atomic E-state index is 12.0. The first-order valence-electron chi connectivity index (χ1n) is 8.28. The third-order valence-electron chi connectivity index (χ3n) is 3.46. The van der Waals surface area contributed by atoms with Gasteiger partial charge in [0.1, 0.15) is 0 Å². The molecule has 0 saturated heterocycles. The van der Waals surface area contributed by atoms with Gasteiger partial charge in [-0.15, -0.1) is 0 Å². The van der Waals surface area contributed by atoms with Crippen LogP contribution in [0.25, 0.3) is 0 Å². The van der Waals surface area contributed by atoms with Crippen molar-refractivity contribution in [3.63, 3.8) is 0 Å². The molecule has 0 fully saturated rings. The van der Waals surface area contributed by atoms with E-state index in [0.29, 0.717) is 0 Å². The fourth-order valence-electron chi connectivity index (χ4n) is 2.00. The zero-order valence-electron chi connectivity index (χ0n) is 14.9. The Morgan fingerprint density at radius 1 is 0.615 bits per heavy atom. The van der Waals surface area contributed by atoms with Gasteiger partial charge in [0.2, 0.25) is 10.2 Å². The highest BCUT2D eigenvalue weighted by Gasteiger charge is 2.07. The second-order valence-electron chi connectivity index (χ2n) is 5.65. The van der Waals surface area contributed by atoms with Crippen LogP contribution in [-0.4, -0.2) is 33.2 Å². The van der Waals surface area contributed by atoms with Crippen molar-refractivity contribution in [2.75, 3.05) is 23.0 Å². The molecule has 0 aromatic heterocycles. The van der Waals surface area contributed by atoms with Crippen molar-refractivity contribution in [1.29, 1.82) is 0 Å². The summed E-state index contributed by atoms with van der Waals surface area (Å²) in [4.78, 5) is 24.1. The molecule has 2 aromatic rings. The average Bonchev–Trinajstić information content (AvgIpc) is 2.64. The standard InChI is InChI=1S/C20H22O2S4/c1-15-3-7-17(8-4-15)19(21)23-11-13-25-26-14-12-24-20(22)18-9-5-16(2)6-10-18/h3-10H,11-14H2,1-2H3. The minimum atomic E-state index is 0.134. The number of carbonyl (C=O) groups is 2. The number of rotatable bonds is 9. The summed E-state index contributed by atoms with van der Waals surface area (Å²) in [6.07, 6.45) is 0. The van der Waals surface area contributed by atoms with Gasteiger partial charge < -0.3 is 0 Å². The fraction of sp³-hybridized carbons (Fsp3) is 0.300. The molecule has 0 radical (unpaired) electrons. The van der Waals surface area contributed by atoms with E-state index >= 15 is 0 Å². The van der Waals surface area contributed by atoms with Crippen molar-refractivity contribution in [2.45, 2.75) is 13.8 Å². The molecule has 0 heterocycles. The van der Waals surface area contributed by atoms with Crippen molar-refractivity contribution in [1.82, 2.24) is 0 Å². The maximum absolute atomic E-state index is 12.0. The highest BCUT2D eigenvalue weighted by atomic mass is 33.1. The van der Waals surface area contributed by atoms with Crippen LogP contribution >= 0.6 is 45.1 Å². The molecule has 26 heavy (non-hydrogen) atoms. The monoisotopic (exact) mass is 422 g/mol. The van der Waals surface area contributed by atoms with Gasteiger partial charge in [-0.2, -0.15) is 0 Å².